The Labute approximate surface area is 142 Å². The summed E-state index contributed by atoms with van der Waals surface area (Å²) < 4.78 is 15.1. The molecule has 1 atom stereocenters. The van der Waals surface area contributed by atoms with E-state index in [4.69, 9.17) is 6.42 Å². The fourth-order valence-corrected chi connectivity index (χ4v) is 3.94. The van der Waals surface area contributed by atoms with Gasteiger partial charge in [0.05, 0.1) is 0 Å². The first-order valence-corrected chi connectivity index (χ1v) is 9.08. The van der Waals surface area contributed by atoms with Crippen LogP contribution in [0.3, 0.4) is 0 Å². The van der Waals surface area contributed by atoms with Crippen molar-refractivity contribution in [3.05, 3.63) is 54.0 Å². The minimum absolute atomic E-state index is 0.272. The van der Waals surface area contributed by atoms with Gasteiger partial charge < -0.3 is 0 Å². The molecule has 1 amide bonds. The molecule has 1 radical (unpaired) electrons. The van der Waals surface area contributed by atoms with Crippen LogP contribution in [0.15, 0.2) is 42.6 Å². The van der Waals surface area contributed by atoms with Gasteiger partial charge >= 0.3 is 142 Å². The van der Waals surface area contributed by atoms with E-state index < -0.39 is 21.3 Å². The molecule has 1 heterocycles. The summed E-state index contributed by atoms with van der Waals surface area (Å²) in [6.45, 7) is 3.71. The van der Waals surface area contributed by atoms with Crippen LogP contribution < -0.4 is 14.1 Å². The van der Waals surface area contributed by atoms with Crippen LogP contribution in [0.4, 0.5) is 4.39 Å². The first kappa shape index (κ1) is 17.2. The van der Waals surface area contributed by atoms with Crippen LogP contribution in [0.5, 0.6) is 0 Å². The molecule has 1 aromatic heterocycles. The maximum atomic E-state index is 13.9. The number of halogens is 1. The molecule has 1 unspecified atom stereocenters. The predicted octanol–water partition coefficient (Wildman–Crippen LogP) is 1.41. The van der Waals surface area contributed by atoms with Crippen LogP contribution in [0, 0.1) is 18.2 Å². The minimum atomic E-state index is -0.730. The quantitative estimate of drug-likeness (QED) is 0.638. The molecule has 3 nitrogen and oxygen atoms in total. The van der Waals surface area contributed by atoms with E-state index in [-0.39, 0.29) is 11.7 Å². The zero-order valence-corrected chi connectivity index (χ0v) is 14.9. The number of amides is 1. The molecule has 0 saturated heterocycles. The Balaban J connectivity index is 2.29. The molecule has 5 heteroatoms. The molecular weight excluding hydrogens is 354 g/mol. The van der Waals surface area contributed by atoms with Gasteiger partial charge in [-0.15, -0.1) is 0 Å². The van der Waals surface area contributed by atoms with Crippen molar-refractivity contribution >= 4 is 30.5 Å². The van der Waals surface area contributed by atoms with Crippen molar-refractivity contribution in [2.45, 2.75) is 25.8 Å². The Morgan fingerprint density at radius 1 is 1.39 bits per heavy atom. The molecule has 0 aliphatic heterocycles. The van der Waals surface area contributed by atoms with Crippen LogP contribution in [0.1, 0.15) is 30.6 Å². The Bertz CT molecular complexity index is 757. The summed E-state index contributed by atoms with van der Waals surface area (Å²) in [5.41, 5.74) is -0.260. The van der Waals surface area contributed by atoms with Crippen LogP contribution >= 0.6 is 0 Å². The molecule has 117 valence electrons. The van der Waals surface area contributed by atoms with Gasteiger partial charge in [0.15, 0.2) is 0 Å². The third kappa shape index (κ3) is 4.21. The Hall–Kier alpha value is -2.11. The first-order chi connectivity index (χ1) is 11.0. The summed E-state index contributed by atoms with van der Waals surface area (Å²) in [4.78, 5) is 16.8. The summed E-state index contributed by atoms with van der Waals surface area (Å²) >= 11 is -0.730. The summed E-state index contributed by atoms with van der Waals surface area (Å²) in [6.07, 6.45) is 7.73. The first-order valence-electron chi connectivity index (χ1n) is 7.20. The molecule has 0 aliphatic carbocycles. The number of carbonyl (C=O) groups is 1. The molecule has 1 N–H and O–H groups in total. The molecule has 0 saturated carbocycles. The molecule has 0 fully saturated rings. The van der Waals surface area contributed by atoms with Gasteiger partial charge in [0.1, 0.15) is 0 Å². The molecule has 23 heavy (non-hydrogen) atoms. The molecule has 2 aromatic rings. The van der Waals surface area contributed by atoms with E-state index >= 15 is 0 Å². The average molecular weight is 371 g/mol. The fourth-order valence-electron chi connectivity index (χ4n) is 1.86. The van der Waals surface area contributed by atoms with Crippen LogP contribution in [-0.4, -0.2) is 32.2 Å². The standard InChI is InChI=1S/C18H17AsFN2O/c1-4-18(3,5-2)22-17(23)13-9-8-12-21-16(13)19-14-10-6-7-11-15(14)20/h1,6-12H,5H2,2-3H3,(H,22,23). The van der Waals surface area contributed by atoms with Crippen molar-refractivity contribution in [1.29, 1.82) is 0 Å². The van der Waals surface area contributed by atoms with E-state index in [0.29, 0.717) is 20.8 Å². The third-order valence-electron chi connectivity index (χ3n) is 3.53. The molecule has 2 rings (SSSR count). The number of hydrogen-bond donors (Lipinski definition) is 1. The van der Waals surface area contributed by atoms with Crippen LogP contribution in [0.2, 0.25) is 0 Å². The van der Waals surface area contributed by atoms with Crippen LogP contribution in [-0.2, 0) is 0 Å². The van der Waals surface area contributed by atoms with Gasteiger partial charge in [0.25, 0.3) is 0 Å². The second-order valence-corrected chi connectivity index (χ2v) is 7.59. The second kappa shape index (κ2) is 7.44. The average Bonchev–Trinajstić information content (AvgIpc) is 2.57. The maximum absolute atomic E-state index is 13.9. The number of terminal acetylenes is 1. The summed E-state index contributed by atoms with van der Waals surface area (Å²) in [5.74, 6) is 2.05. The van der Waals surface area contributed by atoms with Crippen molar-refractivity contribution in [3.8, 4) is 12.3 Å². The number of aromatic nitrogens is 1. The molecular formula is C18H17AsFN2O. The van der Waals surface area contributed by atoms with Crippen LogP contribution in [0.25, 0.3) is 0 Å². The van der Waals surface area contributed by atoms with Crippen molar-refractivity contribution in [1.82, 2.24) is 10.3 Å². The van der Waals surface area contributed by atoms with E-state index in [9.17, 15) is 9.18 Å². The number of rotatable bonds is 5. The number of nitrogens with one attached hydrogen (secondary N) is 1. The van der Waals surface area contributed by atoms with E-state index in [1.54, 1.807) is 43.5 Å². The molecule has 1 aromatic carbocycles. The third-order valence-corrected chi connectivity index (χ3v) is 5.98. The van der Waals surface area contributed by atoms with Gasteiger partial charge in [0, 0.05) is 0 Å². The number of hydrogen-bond acceptors (Lipinski definition) is 2. The predicted molar refractivity (Wildman–Crippen MR) is 90.7 cm³/mol. The molecule has 0 aliphatic rings. The van der Waals surface area contributed by atoms with Crippen molar-refractivity contribution in [2.24, 2.45) is 0 Å². The SMILES string of the molecule is C#CC(C)(CC)NC(=O)c1cccnc1[As]c1ccccc1F. The number of benzene rings is 1. The van der Waals surface area contributed by atoms with E-state index in [2.05, 4.69) is 16.2 Å². The van der Waals surface area contributed by atoms with Gasteiger partial charge in [-0.05, 0) is 0 Å². The van der Waals surface area contributed by atoms with Crippen molar-refractivity contribution in [2.75, 3.05) is 0 Å². The fraction of sp³-hybridized carbons (Fsp3) is 0.222. The Morgan fingerprint density at radius 2 is 2.13 bits per heavy atom. The topological polar surface area (TPSA) is 42.0 Å². The van der Waals surface area contributed by atoms with Gasteiger partial charge in [-0.3, -0.25) is 0 Å². The monoisotopic (exact) mass is 371 g/mol. The van der Waals surface area contributed by atoms with Crippen molar-refractivity contribution < 1.29 is 9.18 Å². The van der Waals surface area contributed by atoms with Gasteiger partial charge in [-0.1, -0.05) is 0 Å². The summed E-state index contributed by atoms with van der Waals surface area (Å²) in [7, 11) is 0. The summed E-state index contributed by atoms with van der Waals surface area (Å²) in [6, 6.07) is 9.96. The van der Waals surface area contributed by atoms with E-state index in [0.717, 1.165) is 0 Å². The zero-order chi connectivity index (χ0) is 16.9. The number of pyridine rings is 1. The molecule has 0 spiro atoms. The van der Waals surface area contributed by atoms with E-state index in [1.165, 1.54) is 6.07 Å². The number of carbonyl (C=O) groups excluding carboxylic acids is 1. The zero-order valence-electron chi connectivity index (χ0n) is 13.0. The molecule has 0 bridgehead atoms. The van der Waals surface area contributed by atoms with Gasteiger partial charge in [-0.25, -0.2) is 0 Å². The Morgan fingerprint density at radius 3 is 2.78 bits per heavy atom. The van der Waals surface area contributed by atoms with Gasteiger partial charge in [-0.2, -0.15) is 0 Å². The van der Waals surface area contributed by atoms with E-state index in [1.807, 2.05) is 6.92 Å². The second-order valence-electron chi connectivity index (χ2n) is 5.22. The van der Waals surface area contributed by atoms with Gasteiger partial charge in [0.2, 0.25) is 0 Å². The van der Waals surface area contributed by atoms with Crippen molar-refractivity contribution in [3.63, 3.8) is 0 Å². The summed E-state index contributed by atoms with van der Waals surface area (Å²) in [5, 5.41) is 2.86. The normalized spacial score (nSPS) is 13.5. The Kier molecular flexibility index (Phi) is 5.58. The number of nitrogens with zero attached hydrogens (tertiary/aromatic N) is 1.